The molecule has 1 aliphatic carbocycles. The summed E-state index contributed by atoms with van der Waals surface area (Å²) in [7, 11) is 0. The molecule has 2 N–H and O–H groups in total. The van der Waals surface area contributed by atoms with Crippen molar-refractivity contribution >= 4 is 0 Å². The smallest absolute Gasteiger partial charge is 0.219 e. The van der Waals surface area contributed by atoms with Gasteiger partial charge in [0.2, 0.25) is 5.88 Å². The highest BCUT2D eigenvalue weighted by Crippen LogP contribution is 2.30. The van der Waals surface area contributed by atoms with E-state index in [1.165, 1.54) is 0 Å². The molecule has 1 atom stereocenters. The predicted octanol–water partition coefficient (Wildman–Crippen LogP) is 2.04. The van der Waals surface area contributed by atoms with Crippen molar-refractivity contribution in [2.24, 2.45) is 0 Å². The highest BCUT2D eigenvalue weighted by molar-refractivity contribution is 5.28. The number of β-amino-alcohol motifs (C(OH)–C–C–N with tert-alkyl or cyclic N) is 1. The Labute approximate surface area is 108 Å². The topological polar surface area (TPSA) is 54.4 Å². The number of aliphatic hydroxyl groups is 1. The van der Waals surface area contributed by atoms with Crippen LogP contribution in [0, 0.1) is 0 Å². The van der Waals surface area contributed by atoms with Crippen molar-refractivity contribution in [2.45, 2.75) is 51.4 Å². The van der Waals surface area contributed by atoms with E-state index in [9.17, 15) is 5.11 Å². The van der Waals surface area contributed by atoms with Crippen LogP contribution < -0.4 is 10.1 Å². The van der Waals surface area contributed by atoms with Crippen molar-refractivity contribution in [1.29, 1.82) is 0 Å². The van der Waals surface area contributed by atoms with Crippen LogP contribution in [0.25, 0.3) is 0 Å². The Morgan fingerprint density at radius 3 is 2.83 bits per heavy atom. The van der Waals surface area contributed by atoms with Crippen LogP contribution in [-0.4, -0.2) is 28.3 Å². The van der Waals surface area contributed by atoms with Crippen molar-refractivity contribution in [3.8, 4) is 5.88 Å². The first-order valence-electron chi connectivity index (χ1n) is 6.50. The van der Waals surface area contributed by atoms with Crippen LogP contribution in [0.2, 0.25) is 0 Å². The van der Waals surface area contributed by atoms with Crippen molar-refractivity contribution in [3.05, 3.63) is 23.9 Å². The summed E-state index contributed by atoms with van der Waals surface area (Å²) in [5.41, 5.74) is 0.752. The van der Waals surface area contributed by atoms with E-state index in [0.29, 0.717) is 18.5 Å². The molecule has 0 unspecified atom stereocenters. The van der Waals surface area contributed by atoms with E-state index < -0.39 is 6.10 Å². The number of nitrogens with one attached hydrogen (secondary N) is 1. The summed E-state index contributed by atoms with van der Waals surface area (Å²) in [5.74, 6) is 0.572. The molecule has 1 heterocycles. The molecule has 1 aromatic rings. The van der Waals surface area contributed by atoms with Crippen molar-refractivity contribution in [2.75, 3.05) is 6.54 Å². The average Bonchev–Trinajstić information content (AvgIpc) is 3.10. The lowest BCUT2D eigenvalue weighted by atomic mass is 10.1. The van der Waals surface area contributed by atoms with Crippen LogP contribution in [-0.2, 0) is 0 Å². The van der Waals surface area contributed by atoms with E-state index in [4.69, 9.17) is 4.74 Å². The molecular formula is C14H22N2O2. The number of hydrogen-bond acceptors (Lipinski definition) is 4. The molecule has 4 heteroatoms. The van der Waals surface area contributed by atoms with Crippen molar-refractivity contribution in [1.82, 2.24) is 10.3 Å². The summed E-state index contributed by atoms with van der Waals surface area (Å²) in [6, 6.07) is 3.70. The van der Waals surface area contributed by atoms with Crippen LogP contribution >= 0.6 is 0 Å². The van der Waals surface area contributed by atoms with Gasteiger partial charge in [-0.25, -0.2) is 4.98 Å². The van der Waals surface area contributed by atoms with Crippen LogP contribution in [0.5, 0.6) is 5.88 Å². The second kappa shape index (κ2) is 5.24. The van der Waals surface area contributed by atoms with E-state index in [0.717, 1.165) is 18.4 Å². The first-order valence-corrected chi connectivity index (χ1v) is 6.50. The standard InChI is InChI=1S/C14H22N2O2/c1-14(2,3)16-9-12(17)11-5-4-8-15-13(11)18-10-6-7-10/h4-5,8,10,12,16-17H,6-7,9H2,1-3H3/t12-/m0/s1. The summed E-state index contributed by atoms with van der Waals surface area (Å²) in [6.07, 6.45) is 3.58. The fourth-order valence-corrected chi connectivity index (χ4v) is 1.61. The van der Waals surface area contributed by atoms with Gasteiger partial charge in [-0.05, 0) is 45.7 Å². The number of aliphatic hydroxyl groups excluding tert-OH is 1. The molecule has 0 saturated heterocycles. The number of rotatable bonds is 5. The lowest BCUT2D eigenvalue weighted by molar-refractivity contribution is 0.155. The van der Waals surface area contributed by atoms with Gasteiger partial charge in [-0.3, -0.25) is 0 Å². The van der Waals surface area contributed by atoms with Crippen LogP contribution in [0.3, 0.4) is 0 Å². The zero-order valence-electron chi connectivity index (χ0n) is 11.3. The molecule has 100 valence electrons. The van der Waals surface area contributed by atoms with Gasteiger partial charge in [-0.15, -0.1) is 0 Å². The number of ether oxygens (including phenoxy) is 1. The molecule has 0 aliphatic heterocycles. The second-order valence-corrected chi connectivity index (χ2v) is 5.86. The fourth-order valence-electron chi connectivity index (χ4n) is 1.61. The van der Waals surface area contributed by atoms with Gasteiger partial charge < -0.3 is 15.2 Å². The fraction of sp³-hybridized carbons (Fsp3) is 0.643. The highest BCUT2D eigenvalue weighted by Gasteiger charge is 2.26. The maximum absolute atomic E-state index is 10.2. The van der Waals surface area contributed by atoms with Crippen LogP contribution in [0.1, 0.15) is 45.3 Å². The normalized spacial score (nSPS) is 17.6. The molecule has 0 spiro atoms. The number of nitrogens with zero attached hydrogens (tertiary/aromatic N) is 1. The van der Waals surface area contributed by atoms with Gasteiger partial charge in [-0.1, -0.05) is 0 Å². The average molecular weight is 250 g/mol. The first kappa shape index (κ1) is 13.3. The van der Waals surface area contributed by atoms with Gasteiger partial charge in [0, 0.05) is 23.8 Å². The molecule has 4 nitrogen and oxygen atoms in total. The Bertz CT molecular complexity index is 397. The predicted molar refractivity (Wildman–Crippen MR) is 70.6 cm³/mol. The van der Waals surface area contributed by atoms with Gasteiger partial charge in [0.05, 0.1) is 6.10 Å². The minimum atomic E-state index is -0.591. The Morgan fingerprint density at radius 1 is 1.50 bits per heavy atom. The minimum Gasteiger partial charge on any atom is -0.474 e. The zero-order chi connectivity index (χ0) is 13.2. The molecule has 1 aromatic heterocycles. The third kappa shape index (κ3) is 3.96. The zero-order valence-corrected chi connectivity index (χ0v) is 11.3. The van der Waals surface area contributed by atoms with E-state index >= 15 is 0 Å². The summed E-state index contributed by atoms with van der Waals surface area (Å²) in [4.78, 5) is 4.21. The lowest BCUT2D eigenvalue weighted by Crippen LogP contribution is -2.38. The molecular weight excluding hydrogens is 228 g/mol. The second-order valence-electron chi connectivity index (χ2n) is 5.86. The Kier molecular flexibility index (Phi) is 3.88. The quantitative estimate of drug-likeness (QED) is 0.839. The first-order chi connectivity index (χ1) is 8.46. The maximum Gasteiger partial charge on any atom is 0.219 e. The van der Waals surface area contributed by atoms with E-state index in [1.54, 1.807) is 6.20 Å². The molecule has 1 saturated carbocycles. The number of aromatic nitrogens is 1. The Balaban J connectivity index is 2.01. The third-order valence-electron chi connectivity index (χ3n) is 2.79. The highest BCUT2D eigenvalue weighted by atomic mass is 16.5. The molecule has 1 fully saturated rings. The lowest BCUT2D eigenvalue weighted by Gasteiger charge is -2.23. The third-order valence-corrected chi connectivity index (χ3v) is 2.79. The summed E-state index contributed by atoms with van der Waals surface area (Å²) >= 11 is 0. The van der Waals surface area contributed by atoms with Gasteiger partial charge in [0.15, 0.2) is 0 Å². The monoisotopic (exact) mass is 250 g/mol. The van der Waals surface area contributed by atoms with Gasteiger partial charge in [0.25, 0.3) is 0 Å². The molecule has 2 rings (SSSR count). The summed E-state index contributed by atoms with van der Waals surface area (Å²) < 4.78 is 5.71. The van der Waals surface area contributed by atoms with E-state index in [2.05, 4.69) is 31.1 Å². The summed E-state index contributed by atoms with van der Waals surface area (Å²) in [6.45, 7) is 6.72. The molecule has 0 bridgehead atoms. The van der Waals surface area contributed by atoms with Gasteiger partial charge in [-0.2, -0.15) is 0 Å². The molecule has 1 aliphatic rings. The minimum absolute atomic E-state index is 0.0132. The molecule has 0 amide bonds. The van der Waals surface area contributed by atoms with Crippen LogP contribution in [0.15, 0.2) is 18.3 Å². The molecule has 18 heavy (non-hydrogen) atoms. The SMILES string of the molecule is CC(C)(C)NC[C@H](O)c1cccnc1OC1CC1. The van der Waals surface area contributed by atoms with Gasteiger partial charge >= 0.3 is 0 Å². The molecule has 0 radical (unpaired) electrons. The van der Waals surface area contributed by atoms with Crippen molar-refractivity contribution < 1.29 is 9.84 Å². The largest absolute Gasteiger partial charge is 0.474 e. The van der Waals surface area contributed by atoms with Crippen LogP contribution in [0.4, 0.5) is 0 Å². The Hall–Kier alpha value is -1.13. The maximum atomic E-state index is 10.2. The van der Waals surface area contributed by atoms with E-state index in [-0.39, 0.29) is 5.54 Å². The number of pyridine rings is 1. The molecule has 0 aromatic carbocycles. The number of hydrogen-bond donors (Lipinski definition) is 2. The summed E-state index contributed by atoms with van der Waals surface area (Å²) in [5, 5.41) is 13.5. The van der Waals surface area contributed by atoms with E-state index in [1.807, 2.05) is 12.1 Å². The Morgan fingerprint density at radius 2 is 2.22 bits per heavy atom. The van der Waals surface area contributed by atoms with Gasteiger partial charge in [0.1, 0.15) is 6.10 Å². The van der Waals surface area contributed by atoms with Crippen molar-refractivity contribution in [3.63, 3.8) is 0 Å².